The maximum absolute atomic E-state index is 14.0. The zero-order chi connectivity index (χ0) is 25.9. The van der Waals surface area contributed by atoms with Crippen LogP contribution in [0.4, 0.5) is 0 Å². The molecule has 0 bridgehead atoms. The predicted octanol–water partition coefficient (Wildman–Crippen LogP) is 5.17. The first-order valence-electron chi connectivity index (χ1n) is 11.9. The number of hydrogen-bond acceptors (Lipinski definition) is 6. The maximum atomic E-state index is 14.0. The molecule has 0 saturated carbocycles. The molecule has 3 heterocycles. The highest BCUT2D eigenvalue weighted by molar-refractivity contribution is 6.04. The van der Waals surface area contributed by atoms with E-state index in [4.69, 9.17) is 4.74 Å². The Morgan fingerprint density at radius 3 is 2.32 bits per heavy atom. The van der Waals surface area contributed by atoms with Crippen LogP contribution < -0.4 is 5.56 Å². The first kappa shape index (κ1) is 23.9. The molecule has 0 aliphatic heterocycles. The second kappa shape index (κ2) is 10.1. The number of aromatic hydroxyl groups is 1. The summed E-state index contributed by atoms with van der Waals surface area (Å²) in [6.45, 7) is 2.21. The summed E-state index contributed by atoms with van der Waals surface area (Å²) >= 11 is 0. The van der Waals surface area contributed by atoms with Crippen LogP contribution in [0.5, 0.6) is 5.75 Å². The number of fused-ring (bicyclic) bond motifs is 1. The number of aromatic nitrogens is 3. The van der Waals surface area contributed by atoms with E-state index in [1.165, 1.54) is 7.11 Å². The monoisotopic (exact) mass is 491 g/mol. The number of carbonyl (C=O) groups is 1. The minimum absolute atomic E-state index is 0.219. The van der Waals surface area contributed by atoms with Gasteiger partial charge in [0.1, 0.15) is 0 Å². The largest absolute Gasteiger partial charge is 0.505 e. The highest BCUT2D eigenvalue weighted by Crippen LogP contribution is 2.36. The molecular formula is C30H25N3O4. The molecule has 2 aromatic carbocycles. The summed E-state index contributed by atoms with van der Waals surface area (Å²) in [5.74, 6) is -1.11. The molecule has 0 aliphatic carbocycles. The summed E-state index contributed by atoms with van der Waals surface area (Å²) in [4.78, 5) is 35.5. The van der Waals surface area contributed by atoms with Gasteiger partial charge in [0.25, 0.3) is 5.56 Å². The van der Waals surface area contributed by atoms with Crippen molar-refractivity contribution in [2.24, 2.45) is 0 Å². The van der Waals surface area contributed by atoms with Crippen LogP contribution in [0, 0.1) is 6.92 Å². The summed E-state index contributed by atoms with van der Waals surface area (Å²) in [5.41, 5.74) is 3.95. The van der Waals surface area contributed by atoms with Crippen LogP contribution in [0.15, 0.2) is 89.9 Å². The number of aryl methyl sites for hydroxylation is 3. The van der Waals surface area contributed by atoms with Gasteiger partial charge in [-0.05, 0) is 42.7 Å². The van der Waals surface area contributed by atoms with Crippen molar-refractivity contribution < 1.29 is 14.6 Å². The molecule has 0 aliphatic rings. The van der Waals surface area contributed by atoms with Gasteiger partial charge < -0.3 is 14.4 Å². The topological polar surface area (TPSA) is 94.3 Å². The van der Waals surface area contributed by atoms with E-state index in [9.17, 15) is 14.7 Å². The van der Waals surface area contributed by atoms with Gasteiger partial charge in [-0.3, -0.25) is 9.78 Å². The van der Waals surface area contributed by atoms with Crippen LogP contribution >= 0.6 is 0 Å². The van der Waals surface area contributed by atoms with E-state index < -0.39 is 5.97 Å². The summed E-state index contributed by atoms with van der Waals surface area (Å²) < 4.78 is 6.54. The first-order chi connectivity index (χ1) is 18.0. The van der Waals surface area contributed by atoms with E-state index in [-0.39, 0.29) is 17.0 Å². The lowest BCUT2D eigenvalue weighted by molar-refractivity contribution is 0.0591. The van der Waals surface area contributed by atoms with Crippen LogP contribution in [-0.2, 0) is 17.7 Å². The fourth-order valence-electron chi connectivity index (χ4n) is 4.42. The highest BCUT2D eigenvalue weighted by atomic mass is 16.5. The molecule has 7 nitrogen and oxygen atoms in total. The summed E-state index contributed by atoms with van der Waals surface area (Å²) in [7, 11) is 1.23. The number of benzene rings is 2. The summed E-state index contributed by atoms with van der Waals surface area (Å²) in [6.07, 6.45) is 2.23. The highest BCUT2D eigenvalue weighted by Gasteiger charge is 2.25. The molecule has 0 amide bonds. The third kappa shape index (κ3) is 4.59. The van der Waals surface area contributed by atoms with Crippen molar-refractivity contribution in [3.8, 4) is 28.1 Å². The molecular weight excluding hydrogens is 466 g/mol. The average molecular weight is 492 g/mol. The van der Waals surface area contributed by atoms with Crippen molar-refractivity contribution in [1.82, 2.24) is 14.5 Å². The van der Waals surface area contributed by atoms with Crippen LogP contribution in [0.3, 0.4) is 0 Å². The average Bonchev–Trinajstić information content (AvgIpc) is 2.94. The fourth-order valence-corrected chi connectivity index (χ4v) is 4.42. The Labute approximate surface area is 213 Å². The van der Waals surface area contributed by atoms with Gasteiger partial charge in [0, 0.05) is 34.9 Å². The van der Waals surface area contributed by atoms with Crippen molar-refractivity contribution in [2.75, 3.05) is 7.11 Å². The lowest BCUT2D eigenvalue weighted by Gasteiger charge is -2.18. The van der Waals surface area contributed by atoms with Gasteiger partial charge in [-0.25, -0.2) is 9.78 Å². The summed E-state index contributed by atoms with van der Waals surface area (Å²) in [5, 5.41) is 11.6. The number of hydrogen-bond donors (Lipinski definition) is 1. The van der Waals surface area contributed by atoms with E-state index in [0.717, 1.165) is 11.3 Å². The van der Waals surface area contributed by atoms with Crippen molar-refractivity contribution in [1.29, 1.82) is 0 Å². The zero-order valence-electron chi connectivity index (χ0n) is 20.5. The summed E-state index contributed by atoms with van der Waals surface area (Å²) in [6, 6.07) is 24.4. The Bertz CT molecular complexity index is 1650. The lowest BCUT2D eigenvalue weighted by Crippen LogP contribution is -2.24. The second-order valence-corrected chi connectivity index (χ2v) is 8.72. The third-order valence-corrected chi connectivity index (χ3v) is 6.33. The smallest absolute Gasteiger partial charge is 0.360 e. The van der Waals surface area contributed by atoms with E-state index in [1.807, 2.05) is 79.7 Å². The number of methoxy groups -OCH3 is 1. The van der Waals surface area contributed by atoms with Crippen molar-refractivity contribution in [3.63, 3.8) is 0 Å². The molecule has 0 atom stereocenters. The Balaban J connectivity index is 1.86. The second-order valence-electron chi connectivity index (χ2n) is 8.72. The molecule has 184 valence electrons. The molecule has 0 saturated heterocycles. The van der Waals surface area contributed by atoms with Gasteiger partial charge in [-0.2, -0.15) is 0 Å². The molecule has 7 heteroatoms. The van der Waals surface area contributed by atoms with E-state index in [1.54, 1.807) is 16.8 Å². The van der Waals surface area contributed by atoms with Crippen molar-refractivity contribution >= 4 is 16.9 Å². The van der Waals surface area contributed by atoms with Crippen LogP contribution in [-0.4, -0.2) is 32.7 Å². The van der Waals surface area contributed by atoms with Crippen LogP contribution in [0.25, 0.3) is 33.3 Å². The Morgan fingerprint density at radius 2 is 1.68 bits per heavy atom. The molecule has 0 unspecified atom stereocenters. The number of carbonyl (C=O) groups excluding carboxylic acids is 1. The number of rotatable bonds is 6. The van der Waals surface area contributed by atoms with E-state index in [0.29, 0.717) is 46.3 Å². The molecule has 3 aromatic heterocycles. The standard InChI is InChI=1S/C30H25N3O4/c1-19-13-14-22(18-31-19)25-27-24(28(34)26(32-25)30(36)37-2)17-23(21-11-7-4-8-12-21)29(35)33(27)16-15-20-9-5-3-6-10-20/h3-14,17-18,34H,15-16H2,1-2H3. The maximum Gasteiger partial charge on any atom is 0.360 e. The number of nitrogens with zero attached hydrogens (tertiary/aromatic N) is 3. The number of ether oxygens (including phenoxy) is 1. The first-order valence-corrected chi connectivity index (χ1v) is 11.9. The molecule has 37 heavy (non-hydrogen) atoms. The predicted molar refractivity (Wildman–Crippen MR) is 143 cm³/mol. The fraction of sp³-hybridized carbons (Fsp3) is 0.133. The molecule has 5 rings (SSSR count). The number of pyridine rings is 3. The molecule has 0 radical (unpaired) electrons. The minimum atomic E-state index is -0.774. The van der Waals surface area contributed by atoms with Gasteiger partial charge in [-0.15, -0.1) is 0 Å². The number of esters is 1. The normalized spacial score (nSPS) is 11.0. The van der Waals surface area contributed by atoms with Crippen LogP contribution in [0.1, 0.15) is 21.7 Å². The van der Waals surface area contributed by atoms with E-state index >= 15 is 0 Å². The molecule has 0 fully saturated rings. The van der Waals surface area contributed by atoms with E-state index in [2.05, 4.69) is 9.97 Å². The van der Waals surface area contributed by atoms with Gasteiger partial charge in [-0.1, -0.05) is 60.7 Å². The molecule has 0 spiro atoms. The van der Waals surface area contributed by atoms with Gasteiger partial charge in [0.15, 0.2) is 11.4 Å². The third-order valence-electron chi connectivity index (χ3n) is 6.33. The Morgan fingerprint density at radius 1 is 0.973 bits per heavy atom. The lowest BCUT2D eigenvalue weighted by atomic mass is 10.0. The minimum Gasteiger partial charge on any atom is -0.505 e. The van der Waals surface area contributed by atoms with Gasteiger partial charge in [0.05, 0.1) is 18.3 Å². The van der Waals surface area contributed by atoms with Crippen molar-refractivity contribution in [3.05, 3.63) is 112 Å². The Kier molecular flexibility index (Phi) is 6.51. The van der Waals surface area contributed by atoms with Crippen LogP contribution in [0.2, 0.25) is 0 Å². The van der Waals surface area contributed by atoms with Crippen molar-refractivity contribution in [2.45, 2.75) is 19.9 Å². The quantitative estimate of drug-likeness (QED) is 0.330. The zero-order valence-corrected chi connectivity index (χ0v) is 20.5. The molecule has 5 aromatic rings. The Hall–Kier alpha value is -4.78. The van der Waals surface area contributed by atoms with Gasteiger partial charge in [0.2, 0.25) is 0 Å². The van der Waals surface area contributed by atoms with Gasteiger partial charge >= 0.3 is 5.97 Å². The molecule has 1 N–H and O–H groups in total. The SMILES string of the molecule is COC(=O)c1nc(-c2ccc(C)nc2)c2c(cc(-c3ccccc3)c(=O)n2CCc2ccccc2)c1O.